The van der Waals surface area contributed by atoms with Crippen LogP contribution in [0.4, 0.5) is 14.6 Å². The number of aromatic amines is 1. The van der Waals surface area contributed by atoms with Gasteiger partial charge in [-0.25, -0.2) is 8.78 Å². The molecule has 1 aromatic carbocycles. The monoisotopic (exact) mass is 617 g/mol. The van der Waals surface area contributed by atoms with E-state index in [-0.39, 0.29) is 47.7 Å². The lowest BCUT2D eigenvalue weighted by Crippen LogP contribution is -2.43. The minimum Gasteiger partial charge on any atom is -0.466 e. The van der Waals surface area contributed by atoms with Crippen LogP contribution in [0.1, 0.15) is 56.1 Å². The van der Waals surface area contributed by atoms with Crippen LogP contribution in [0.25, 0.3) is 33.1 Å². The summed E-state index contributed by atoms with van der Waals surface area (Å²) >= 11 is 0. The molecular formula is C33H37F2N7O3. The molecule has 10 nitrogen and oxygen atoms in total. The van der Waals surface area contributed by atoms with Crippen molar-refractivity contribution in [2.45, 2.75) is 70.0 Å². The van der Waals surface area contributed by atoms with Gasteiger partial charge in [-0.05, 0) is 75.1 Å². The molecular weight excluding hydrogens is 580 g/mol. The van der Waals surface area contributed by atoms with Gasteiger partial charge in [0.2, 0.25) is 0 Å². The fourth-order valence-electron chi connectivity index (χ4n) is 8.14. The van der Waals surface area contributed by atoms with Gasteiger partial charge in [-0.1, -0.05) is 0 Å². The van der Waals surface area contributed by atoms with E-state index in [9.17, 15) is 9.18 Å². The molecule has 5 aliphatic rings. The summed E-state index contributed by atoms with van der Waals surface area (Å²) in [5.41, 5.74) is 2.93. The zero-order valence-electron chi connectivity index (χ0n) is 25.5. The Morgan fingerprint density at radius 1 is 1.13 bits per heavy atom. The summed E-state index contributed by atoms with van der Waals surface area (Å²) in [4.78, 5) is 31.4. The lowest BCUT2D eigenvalue weighted by atomic mass is 9.91. The summed E-state index contributed by atoms with van der Waals surface area (Å²) in [7, 11) is 0. The molecule has 6 bridgehead atoms. The number of hydrogen-bond donors (Lipinski definition) is 1. The van der Waals surface area contributed by atoms with Crippen molar-refractivity contribution in [3.05, 3.63) is 35.4 Å². The van der Waals surface area contributed by atoms with Crippen LogP contribution < -0.4 is 9.64 Å². The second-order valence-electron chi connectivity index (χ2n) is 13.2. The zero-order valence-corrected chi connectivity index (χ0v) is 25.5. The predicted octanol–water partition coefficient (Wildman–Crippen LogP) is 5.07. The van der Waals surface area contributed by atoms with Gasteiger partial charge in [-0.15, -0.1) is 0 Å². The largest absolute Gasteiger partial charge is 0.466 e. The van der Waals surface area contributed by atoms with Crippen LogP contribution >= 0.6 is 0 Å². The van der Waals surface area contributed by atoms with E-state index in [2.05, 4.69) is 25.0 Å². The molecule has 12 heteroatoms. The first-order valence-corrected chi connectivity index (χ1v) is 16.1. The fourth-order valence-corrected chi connectivity index (χ4v) is 8.14. The van der Waals surface area contributed by atoms with Crippen molar-refractivity contribution in [2.75, 3.05) is 44.3 Å². The summed E-state index contributed by atoms with van der Waals surface area (Å²) in [5.74, 6) is 0.0154. The van der Waals surface area contributed by atoms with E-state index in [4.69, 9.17) is 19.4 Å². The molecule has 9 rings (SSSR count). The van der Waals surface area contributed by atoms with Gasteiger partial charge in [0.15, 0.2) is 5.82 Å². The molecule has 1 N–H and O–H groups in total. The number of hydrogen-bond acceptors (Lipinski definition) is 9. The Kier molecular flexibility index (Phi) is 7.07. The molecule has 45 heavy (non-hydrogen) atoms. The summed E-state index contributed by atoms with van der Waals surface area (Å²) in [5, 5.41) is 8.45. The second-order valence-corrected chi connectivity index (χ2v) is 13.2. The molecule has 0 spiro atoms. The highest BCUT2D eigenvalue weighted by atomic mass is 19.1. The number of aromatic nitrogens is 5. The Labute approximate surface area is 259 Å². The maximum Gasteiger partial charge on any atom is 0.319 e. The average Bonchev–Trinajstić information content (AvgIpc) is 3.73. The first-order valence-electron chi connectivity index (χ1n) is 16.1. The molecule has 0 aliphatic carbocycles. The maximum absolute atomic E-state index is 17.0. The van der Waals surface area contributed by atoms with Crippen LogP contribution in [0.2, 0.25) is 0 Å². The quantitative estimate of drug-likeness (QED) is 0.315. The number of H-pyrrole nitrogens is 1. The number of carbonyl (C=O) groups is 1. The van der Waals surface area contributed by atoms with Gasteiger partial charge in [0.05, 0.1) is 29.2 Å². The number of benzene rings is 1. The number of nitrogens with one attached hydrogen (secondary N) is 1. The number of piperidine rings is 1. The molecule has 8 heterocycles. The number of fused-ring (bicyclic) bond motifs is 8. The second kappa shape index (κ2) is 11.1. The van der Waals surface area contributed by atoms with Crippen molar-refractivity contribution in [1.82, 2.24) is 30.0 Å². The Morgan fingerprint density at radius 2 is 2.04 bits per heavy atom. The SMILES string of the molecule is Cc1cc2[nH]ncc2c2c1CCC(=O)OCCC1CCCN(C1)c1nc(OC[C@@]34CCCN3C[C@H](F)C4)nc3c(F)c-2ncc13. The summed E-state index contributed by atoms with van der Waals surface area (Å²) in [6.07, 6.45) is 7.93. The molecule has 0 saturated carbocycles. The van der Waals surface area contributed by atoms with E-state index in [1.54, 1.807) is 12.4 Å². The number of nitrogens with zero attached hydrogens (tertiary/aromatic N) is 6. The minimum atomic E-state index is -0.882. The number of pyridine rings is 1. The van der Waals surface area contributed by atoms with Gasteiger partial charge in [-0.3, -0.25) is 19.8 Å². The van der Waals surface area contributed by atoms with E-state index in [0.717, 1.165) is 61.8 Å². The lowest BCUT2D eigenvalue weighted by molar-refractivity contribution is -0.144. The third-order valence-corrected chi connectivity index (χ3v) is 10.4. The van der Waals surface area contributed by atoms with E-state index in [0.29, 0.717) is 54.7 Å². The van der Waals surface area contributed by atoms with Crippen LogP contribution in [0.3, 0.4) is 0 Å². The number of carbonyl (C=O) groups excluding carboxylic acids is 1. The number of anilines is 1. The molecule has 3 saturated heterocycles. The van der Waals surface area contributed by atoms with Crippen molar-refractivity contribution in [2.24, 2.45) is 5.92 Å². The Bertz CT molecular complexity index is 1800. The molecule has 3 aromatic heterocycles. The highest BCUT2D eigenvalue weighted by molar-refractivity contribution is 5.99. The van der Waals surface area contributed by atoms with Gasteiger partial charge in [0.1, 0.15) is 29.8 Å². The first-order chi connectivity index (χ1) is 21.9. The average molecular weight is 618 g/mol. The Balaban J connectivity index is 1.29. The number of esters is 1. The summed E-state index contributed by atoms with van der Waals surface area (Å²) < 4.78 is 43.4. The standard InChI is InChI=1S/C33H37F2N7O3/c1-19-12-25-23(15-37-40-25)27-22(19)5-6-26(43)44-11-7-20-4-2-9-41(16-20)31-24-14-36-30(27)28(35)29(24)38-32(39-31)45-18-33-8-3-10-42(33)17-21(34)13-33/h12,14-15,20-21H,2-11,13,16-18H2,1H3,(H,37,40)/t20?,21-,33+/m1/s1. The topological polar surface area (TPSA) is 109 Å². The Hall–Kier alpha value is -3.93. The number of alkyl halides is 1. The summed E-state index contributed by atoms with van der Waals surface area (Å²) in [6, 6.07) is 2.05. The molecule has 5 aliphatic heterocycles. The smallest absolute Gasteiger partial charge is 0.319 e. The van der Waals surface area contributed by atoms with Gasteiger partial charge in [0.25, 0.3) is 0 Å². The number of halogens is 2. The molecule has 0 radical (unpaired) electrons. The third-order valence-electron chi connectivity index (χ3n) is 10.4. The van der Waals surface area contributed by atoms with Gasteiger partial charge < -0.3 is 14.4 Å². The number of ether oxygens (including phenoxy) is 2. The molecule has 4 aromatic rings. The van der Waals surface area contributed by atoms with Crippen molar-refractivity contribution >= 4 is 33.6 Å². The van der Waals surface area contributed by atoms with Crippen LogP contribution in [-0.4, -0.2) is 87.1 Å². The van der Waals surface area contributed by atoms with Gasteiger partial charge >= 0.3 is 12.0 Å². The summed E-state index contributed by atoms with van der Waals surface area (Å²) in [6.45, 7) is 5.25. The van der Waals surface area contributed by atoms with Gasteiger partial charge in [-0.2, -0.15) is 15.1 Å². The molecule has 3 fully saturated rings. The minimum absolute atomic E-state index is 0.0900. The normalized spacial score (nSPS) is 25.7. The van der Waals surface area contributed by atoms with Crippen molar-refractivity contribution in [3.8, 4) is 17.3 Å². The lowest BCUT2D eigenvalue weighted by Gasteiger charge is -2.34. The third kappa shape index (κ3) is 4.97. The first kappa shape index (κ1) is 28.5. The van der Waals surface area contributed by atoms with E-state index >= 15 is 4.39 Å². The van der Waals surface area contributed by atoms with Gasteiger partial charge in [0, 0.05) is 49.6 Å². The van der Waals surface area contributed by atoms with Crippen molar-refractivity contribution in [1.29, 1.82) is 0 Å². The maximum atomic E-state index is 17.0. The van der Waals surface area contributed by atoms with E-state index in [1.807, 2.05) is 13.0 Å². The van der Waals surface area contributed by atoms with E-state index < -0.39 is 12.0 Å². The fraction of sp³-hybridized carbons (Fsp3) is 0.545. The van der Waals surface area contributed by atoms with Crippen LogP contribution in [0.5, 0.6) is 6.01 Å². The molecule has 0 amide bonds. The molecule has 236 valence electrons. The van der Waals surface area contributed by atoms with Crippen LogP contribution in [0, 0.1) is 18.7 Å². The van der Waals surface area contributed by atoms with Crippen molar-refractivity contribution in [3.63, 3.8) is 0 Å². The van der Waals surface area contributed by atoms with E-state index in [1.165, 1.54) is 0 Å². The molecule has 1 unspecified atom stereocenters. The van der Waals surface area contributed by atoms with Crippen LogP contribution in [0.15, 0.2) is 18.5 Å². The van der Waals surface area contributed by atoms with Crippen molar-refractivity contribution < 1.29 is 23.0 Å². The Morgan fingerprint density at radius 3 is 2.96 bits per heavy atom. The van der Waals surface area contributed by atoms with Crippen LogP contribution in [-0.2, 0) is 16.0 Å². The number of rotatable bonds is 3. The highest BCUT2D eigenvalue weighted by Gasteiger charge is 2.49. The number of aryl methyl sites for hydroxylation is 1. The zero-order chi connectivity index (χ0) is 30.7. The highest BCUT2D eigenvalue weighted by Crippen LogP contribution is 2.42. The predicted molar refractivity (Wildman–Crippen MR) is 164 cm³/mol. The molecule has 3 atom stereocenters.